The summed E-state index contributed by atoms with van der Waals surface area (Å²) in [6, 6.07) is 9.60. The summed E-state index contributed by atoms with van der Waals surface area (Å²) in [6.07, 6.45) is 0.574. The van der Waals surface area contributed by atoms with Crippen molar-refractivity contribution < 1.29 is 9.90 Å². The Kier molecular flexibility index (Phi) is 1.92. The highest BCUT2D eigenvalue weighted by Crippen LogP contribution is 2.32. The number of carboxylic acid groups (broad SMARTS) is 1. The largest absolute Gasteiger partial charge is 0.464 e. The highest BCUT2D eigenvalue weighted by molar-refractivity contribution is 5.98. The number of para-hydroxylation sites is 1. The lowest BCUT2D eigenvalue weighted by molar-refractivity contribution is 0.195. The van der Waals surface area contributed by atoms with Gasteiger partial charge in [0.15, 0.2) is 0 Å². The number of hydrogen-bond donors (Lipinski definition) is 1. The van der Waals surface area contributed by atoms with Crippen molar-refractivity contribution in [3.05, 3.63) is 42.2 Å². The van der Waals surface area contributed by atoms with Crippen LogP contribution in [-0.2, 0) is 0 Å². The molecule has 0 amide bonds. The molecule has 4 nitrogen and oxygen atoms in total. The second-order valence-electron chi connectivity index (χ2n) is 3.94. The summed E-state index contributed by atoms with van der Waals surface area (Å²) in [7, 11) is 0. The van der Waals surface area contributed by atoms with Crippen LogP contribution in [0, 0.1) is 6.92 Å². The summed E-state index contributed by atoms with van der Waals surface area (Å²) < 4.78 is 1.19. The molecular formula is C13H10N2O2. The molecule has 2 aliphatic heterocycles. The van der Waals surface area contributed by atoms with Crippen molar-refractivity contribution in [2.45, 2.75) is 6.92 Å². The van der Waals surface area contributed by atoms with Crippen LogP contribution in [0.5, 0.6) is 0 Å². The summed E-state index contributed by atoms with van der Waals surface area (Å²) >= 11 is 0. The first kappa shape index (κ1) is 9.84. The second kappa shape index (κ2) is 3.31. The van der Waals surface area contributed by atoms with Crippen LogP contribution in [0.1, 0.15) is 5.69 Å². The number of benzene rings is 1. The van der Waals surface area contributed by atoms with E-state index in [0.717, 1.165) is 22.2 Å². The molecule has 0 saturated carbocycles. The molecule has 0 atom stereocenters. The maximum Gasteiger partial charge on any atom is 0.415 e. The molecule has 84 valence electrons. The van der Waals surface area contributed by atoms with Gasteiger partial charge in [0.1, 0.15) is 0 Å². The van der Waals surface area contributed by atoms with Gasteiger partial charge in [-0.2, -0.15) is 0 Å². The van der Waals surface area contributed by atoms with Crippen LogP contribution in [0.4, 0.5) is 4.79 Å². The van der Waals surface area contributed by atoms with E-state index in [2.05, 4.69) is 4.98 Å². The molecule has 0 aromatic heterocycles. The van der Waals surface area contributed by atoms with Gasteiger partial charge in [0.2, 0.25) is 0 Å². The second-order valence-corrected chi connectivity index (χ2v) is 3.94. The van der Waals surface area contributed by atoms with Crippen molar-refractivity contribution >= 4 is 17.0 Å². The van der Waals surface area contributed by atoms with Crippen molar-refractivity contribution in [2.24, 2.45) is 0 Å². The summed E-state index contributed by atoms with van der Waals surface area (Å²) in [5.41, 5.74) is 3.28. The predicted molar refractivity (Wildman–Crippen MR) is 64.5 cm³/mol. The number of nitrogens with zero attached hydrogens (tertiary/aromatic N) is 2. The van der Waals surface area contributed by atoms with Crippen molar-refractivity contribution in [1.29, 1.82) is 0 Å². The van der Waals surface area contributed by atoms with Gasteiger partial charge in [0.05, 0.1) is 16.9 Å². The Hall–Kier alpha value is -2.36. The number of rotatable bonds is 0. The van der Waals surface area contributed by atoms with Gasteiger partial charge in [-0.05, 0) is 19.1 Å². The summed E-state index contributed by atoms with van der Waals surface area (Å²) in [4.78, 5) is 15.5. The van der Waals surface area contributed by atoms with E-state index in [1.807, 2.05) is 24.3 Å². The number of fused-ring (bicyclic) bond motifs is 3. The first-order valence-electron chi connectivity index (χ1n) is 5.28. The van der Waals surface area contributed by atoms with Crippen LogP contribution < -0.4 is 0 Å². The maximum atomic E-state index is 11.0. The van der Waals surface area contributed by atoms with Crippen LogP contribution in [0.15, 0.2) is 36.5 Å². The van der Waals surface area contributed by atoms with Crippen LogP contribution in [0.2, 0.25) is 0 Å². The summed E-state index contributed by atoms with van der Waals surface area (Å²) in [5.74, 6) is 0. The molecule has 4 heteroatoms. The normalized spacial score (nSPS) is 11.1. The highest BCUT2D eigenvalue weighted by Gasteiger charge is 2.17. The Morgan fingerprint density at radius 1 is 1.29 bits per heavy atom. The Labute approximate surface area is 97.5 Å². The van der Waals surface area contributed by atoms with E-state index < -0.39 is 6.09 Å². The molecule has 0 radical (unpaired) electrons. The predicted octanol–water partition coefficient (Wildman–Crippen LogP) is 2.98. The molecule has 1 aromatic rings. The number of hydrogen-bond acceptors (Lipinski definition) is 2. The molecule has 1 aromatic carbocycles. The zero-order valence-electron chi connectivity index (χ0n) is 9.21. The third kappa shape index (κ3) is 1.30. The van der Waals surface area contributed by atoms with Crippen molar-refractivity contribution in [2.75, 3.05) is 0 Å². The van der Waals surface area contributed by atoms with Gasteiger partial charge in [0.25, 0.3) is 0 Å². The van der Waals surface area contributed by atoms with E-state index in [0.29, 0.717) is 5.69 Å². The first-order chi connectivity index (χ1) is 8.18. The number of carbonyl (C=O) groups is 1. The van der Waals surface area contributed by atoms with E-state index in [1.54, 1.807) is 19.2 Å². The lowest BCUT2D eigenvalue weighted by Crippen LogP contribution is -2.12. The molecule has 1 N–H and O–H groups in total. The fraction of sp³-hybridized carbons (Fsp3) is 0.0769. The molecule has 0 unspecified atom stereocenters. The van der Waals surface area contributed by atoms with E-state index in [-0.39, 0.29) is 0 Å². The molecule has 17 heavy (non-hydrogen) atoms. The molecule has 3 rings (SSSR count). The van der Waals surface area contributed by atoms with Crippen LogP contribution in [-0.4, -0.2) is 20.8 Å². The van der Waals surface area contributed by atoms with Gasteiger partial charge in [-0.1, -0.05) is 18.2 Å². The van der Waals surface area contributed by atoms with Crippen molar-refractivity contribution in [3.63, 3.8) is 0 Å². The molecule has 2 heterocycles. The van der Waals surface area contributed by atoms with Gasteiger partial charge in [-0.3, -0.25) is 4.57 Å². The van der Waals surface area contributed by atoms with Gasteiger partial charge >= 0.3 is 6.09 Å². The third-order valence-corrected chi connectivity index (χ3v) is 2.98. The zero-order chi connectivity index (χ0) is 12.0. The van der Waals surface area contributed by atoms with Crippen molar-refractivity contribution in [3.8, 4) is 11.3 Å². The lowest BCUT2D eigenvalue weighted by Gasteiger charge is -2.08. The first-order valence-corrected chi connectivity index (χ1v) is 5.28. The minimum atomic E-state index is -0.989. The highest BCUT2D eigenvalue weighted by atomic mass is 16.4. The Morgan fingerprint density at radius 3 is 2.82 bits per heavy atom. The van der Waals surface area contributed by atoms with Gasteiger partial charge in [0, 0.05) is 17.1 Å². The summed E-state index contributed by atoms with van der Waals surface area (Å²) in [6.45, 7) is 1.77. The summed E-state index contributed by atoms with van der Waals surface area (Å²) in [5, 5.41) is 10.1. The molecule has 0 aliphatic carbocycles. The Balaban J connectivity index is 2.43. The third-order valence-electron chi connectivity index (χ3n) is 2.98. The number of aromatic nitrogens is 2. The van der Waals surface area contributed by atoms with Crippen LogP contribution in [0.25, 0.3) is 22.2 Å². The molecule has 2 aliphatic rings. The number of pyridine rings is 1. The van der Waals surface area contributed by atoms with Gasteiger partial charge < -0.3 is 5.11 Å². The monoisotopic (exact) mass is 226 g/mol. The zero-order valence-corrected chi connectivity index (χ0v) is 9.21. The van der Waals surface area contributed by atoms with Gasteiger partial charge in [-0.25, -0.2) is 9.78 Å². The SMILES string of the molecule is Cc1c2nc3ccccc3c-2ccn1C(=O)O. The molecule has 0 bridgehead atoms. The van der Waals surface area contributed by atoms with Crippen LogP contribution in [0.3, 0.4) is 0 Å². The van der Waals surface area contributed by atoms with E-state index in [1.165, 1.54) is 4.57 Å². The minimum absolute atomic E-state index is 0.645. The Bertz CT molecular complexity index is 700. The quantitative estimate of drug-likeness (QED) is 0.641. The minimum Gasteiger partial charge on any atom is -0.464 e. The van der Waals surface area contributed by atoms with E-state index in [4.69, 9.17) is 5.11 Å². The Morgan fingerprint density at radius 2 is 2.06 bits per heavy atom. The smallest absolute Gasteiger partial charge is 0.415 e. The maximum absolute atomic E-state index is 11.0. The van der Waals surface area contributed by atoms with E-state index >= 15 is 0 Å². The average Bonchev–Trinajstić information content (AvgIpc) is 2.69. The molecular weight excluding hydrogens is 216 g/mol. The fourth-order valence-electron chi connectivity index (χ4n) is 2.13. The lowest BCUT2D eigenvalue weighted by atomic mass is 10.1. The molecule has 0 fully saturated rings. The fourth-order valence-corrected chi connectivity index (χ4v) is 2.13. The van der Waals surface area contributed by atoms with Crippen LogP contribution >= 0.6 is 0 Å². The van der Waals surface area contributed by atoms with Gasteiger partial charge in [-0.15, -0.1) is 0 Å². The molecule has 0 spiro atoms. The average molecular weight is 226 g/mol. The van der Waals surface area contributed by atoms with Crippen molar-refractivity contribution in [1.82, 2.24) is 9.55 Å². The van der Waals surface area contributed by atoms with E-state index in [9.17, 15) is 4.79 Å². The molecule has 0 saturated heterocycles. The standard InChI is InChI=1S/C13H10N2O2/c1-8-12-10(6-7-15(8)13(16)17)9-4-2-3-5-11(9)14-12/h2-7H,1H3,(H,16,17). The topological polar surface area (TPSA) is 55.1 Å².